The maximum Gasteiger partial charge on any atom is 0.138 e. The lowest BCUT2D eigenvalue weighted by Crippen LogP contribution is -2.46. The molecule has 1 aliphatic rings. The van der Waals surface area contributed by atoms with Crippen LogP contribution in [0, 0.1) is 12.8 Å². The molecule has 0 bridgehead atoms. The molecule has 0 spiro atoms. The summed E-state index contributed by atoms with van der Waals surface area (Å²) in [5.74, 6) is 0.934. The van der Waals surface area contributed by atoms with Crippen LogP contribution in [-0.4, -0.2) is 53.6 Å². The van der Waals surface area contributed by atoms with Crippen LogP contribution < -0.4 is 4.74 Å². The van der Waals surface area contributed by atoms with Crippen LogP contribution in [0.25, 0.3) is 0 Å². The Morgan fingerprint density at radius 1 is 1.48 bits per heavy atom. The van der Waals surface area contributed by atoms with Gasteiger partial charge in [0.2, 0.25) is 0 Å². The summed E-state index contributed by atoms with van der Waals surface area (Å²) in [5, 5.41) is 20.5. The molecule has 1 aromatic rings. The average Bonchev–Trinajstić information content (AvgIpc) is 2.44. The van der Waals surface area contributed by atoms with Crippen molar-refractivity contribution in [1.82, 2.24) is 4.90 Å². The molecule has 0 saturated carbocycles. The molecule has 1 aliphatic heterocycles. The predicted molar refractivity (Wildman–Crippen MR) is 83.9 cm³/mol. The smallest absolute Gasteiger partial charge is 0.138 e. The monoisotopic (exact) mass is 313 g/mol. The topological polar surface area (TPSA) is 52.9 Å². The van der Waals surface area contributed by atoms with E-state index < -0.39 is 6.10 Å². The number of aliphatic hydroxyl groups excluding tert-OH is 2. The number of aryl methyl sites for hydroxylation is 1. The van der Waals surface area contributed by atoms with Crippen molar-refractivity contribution in [3.05, 3.63) is 28.8 Å². The molecule has 4 nitrogen and oxygen atoms in total. The van der Waals surface area contributed by atoms with Gasteiger partial charge in [-0.2, -0.15) is 0 Å². The van der Waals surface area contributed by atoms with E-state index in [9.17, 15) is 10.2 Å². The van der Waals surface area contributed by atoms with Gasteiger partial charge in [-0.3, -0.25) is 4.90 Å². The second-order valence-corrected chi connectivity index (χ2v) is 6.40. The lowest BCUT2D eigenvalue weighted by atomic mass is 9.96. The third-order valence-corrected chi connectivity index (χ3v) is 4.30. The molecular formula is C16H24ClNO3. The number of halogens is 1. The van der Waals surface area contributed by atoms with E-state index in [0.29, 0.717) is 29.8 Å². The summed E-state index contributed by atoms with van der Waals surface area (Å²) in [7, 11) is 0. The lowest BCUT2D eigenvalue weighted by Gasteiger charge is -2.35. The third-order valence-electron chi connectivity index (χ3n) is 3.99. The minimum Gasteiger partial charge on any atom is -0.489 e. The summed E-state index contributed by atoms with van der Waals surface area (Å²) < 4.78 is 5.60. The number of likely N-dealkylation sites (tertiary alicyclic amines) is 1. The largest absolute Gasteiger partial charge is 0.489 e. The van der Waals surface area contributed by atoms with Crippen LogP contribution in [-0.2, 0) is 0 Å². The Morgan fingerprint density at radius 3 is 2.95 bits per heavy atom. The number of ether oxygens (including phenoxy) is 1. The van der Waals surface area contributed by atoms with Crippen molar-refractivity contribution in [3.63, 3.8) is 0 Å². The number of hydrogen-bond donors (Lipinski definition) is 2. The standard InChI is InChI=1S/C16H24ClNO3/c1-11-3-4-14(17)16(7-11)21-10-13(19)8-18-6-5-12(2)15(20)9-18/h3-4,7,12-13,15,19-20H,5-6,8-10H2,1-2H3/t12-,13+,15+/m0/s1. The van der Waals surface area contributed by atoms with Crippen LogP contribution in [0.3, 0.4) is 0 Å². The molecule has 0 aliphatic carbocycles. The Kier molecular flexibility index (Phi) is 5.88. The molecule has 0 aromatic heterocycles. The van der Waals surface area contributed by atoms with Crippen LogP contribution in [0.15, 0.2) is 18.2 Å². The molecule has 1 heterocycles. The second-order valence-electron chi connectivity index (χ2n) is 5.99. The van der Waals surface area contributed by atoms with Crippen molar-refractivity contribution in [2.75, 3.05) is 26.2 Å². The summed E-state index contributed by atoms with van der Waals surface area (Å²) in [6.45, 7) is 6.25. The Labute approximate surface area is 131 Å². The van der Waals surface area contributed by atoms with Crippen LogP contribution in [0.4, 0.5) is 0 Å². The summed E-state index contributed by atoms with van der Waals surface area (Å²) in [4.78, 5) is 2.08. The zero-order valence-electron chi connectivity index (χ0n) is 12.6. The Balaban J connectivity index is 1.79. The van der Waals surface area contributed by atoms with Crippen LogP contribution >= 0.6 is 11.6 Å². The highest BCUT2D eigenvalue weighted by molar-refractivity contribution is 6.32. The van der Waals surface area contributed by atoms with Crippen molar-refractivity contribution >= 4 is 11.6 Å². The zero-order chi connectivity index (χ0) is 15.4. The van der Waals surface area contributed by atoms with Gasteiger partial charge in [-0.15, -0.1) is 0 Å². The quantitative estimate of drug-likeness (QED) is 0.874. The highest BCUT2D eigenvalue weighted by Crippen LogP contribution is 2.25. The molecule has 1 aromatic carbocycles. The minimum atomic E-state index is -0.595. The van der Waals surface area contributed by atoms with Gasteiger partial charge in [0.05, 0.1) is 11.1 Å². The Hall–Kier alpha value is -0.810. The Bertz CT molecular complexity index is 469. The normalized spacial score (nSPS) is 24.8. The molecule has 0 radical (unpaired) electrons. The van der Waals surface area contributed by atoms with Gasteiger partial charge >= 0.3 is 0 Å². The highest BCUT2D eigenvalue weighted by atomic mass is 35.5. The van der Waals surface area contributed by atoms with E-state index in [1.54, 1.807) is 6.07 Å². The number of rotatable bonds is 5. The SMILES string of the molecule is Cc1ccc(Cl)c(OC[C@H](O)CN2CC[C@H](C)[C@H](O)C2)c1. The summed E-state index contributed by atoms with van der Waals surface area (Å²) >= 11 is 6.06. The summed E-state index contributed by atoms with van der Waals surface area (Å²) in [6.07, 6.45) is 0.0543. The molecule has 0 unspecified atom stereocenters. The van der Waals surface area contributed by atoms with Gasteiger partial charge < -0.3 is 14.9 Å². The number of hydrogen-bond acceptors (Lipinski definition) is 4. The highest BCUT2D eigenvalue weighted by Gasteiger charge is 2.25. The first-order chi connectivity index (χ1) is 9.95. The van der Waals surface area contributed by atoms with Gasteiger partial charge in [-0.1, -0.05) is 24.6 Å². The first-order valence-corrected chi connectivity index (χ1v) is 7.81. The van der Waals surface area contributed by atoms with E-state index in [2.05, 4.69) is 11.8 Å². The van der Waals surface area contributed by atoms with Crippen molar-refractivity contribution in [2.24, 2.45) is 5.92 Å². The molecule has 2 N–H and O–H groups in total. The number of piperidine rings is 1. The fraction of sp³-hybridized carbons (Fsp3) is 0.625. The van der Waals surface area contributed by atoms with Gasteiger partial charge in [0, 0.05) is 13.1 Å². The molecule has 118 valence electrons. The van der Waals surface area contributed by atoms with Crippen LogP contribution in [0.1, 0.15) is 18.9 Å². The molecule has 2 rings (SSSR count). The second kappa shape index (κ2) is 7.45. The van der Waals surface area contributed by atoms with Gasteiger partial charge in [-0.05, 0) is 43.5 Å². The van der Waals surface area contributed by atoms with Crippen LogP contribution in [0.5, 0.6) is 5.75 Å². The molecule has 21 heavy (non-hydrogen) atoms. The fourth-order valence-corrected chi connectivity index (χ4v) is 2.71. The first-order valence-electron chi connectivity index (χ1n) is 7.43. The maximum atomic E-state index is 10.1. The van der Waals surface area contributed by atoms with Gasteiger partial charge in [-0.25, -0.2) is 0 Å². The maximum absolute atomic E-state index is 10.1. The zero-order valence-corrected chi connectivity index (χ0v) is 13.4. The number of aliphatic hydroxyl groups is 2. The van der Waals surface area contributed by atoms with E-state index in [-0.39, 0.29) is 12.7 Å². The molecule has 1 fully saturated rings. The fourth-order valence-electron chi connectivity index (χ4n) is 2.54. The van der Waals surface area contributed by atoms with Gasteiger partial charge in [0.1, 0.15) is 18.5 Å². The Morgan fingerprint density at radius 2 is 2.24 bits per heavy atom. The van der Waals surface area contributed by atoms with Crippen molar-refractivity contribution < 1.29 is 14.9 Å². The number of β-amino-alcohol motifs (C(OH)–C–C–N with tert-alkyl or cyclic N) is 2. The van der Waals surface area contributed by atoms with E-state index in [1.165, 1.54) is 0 Å². The first kappa shape index (κ1) is 16.6. The van der Waals surface area contributed by atoms with E-state index in [0.717, 1.165) is 18.5 Å². The van der Waals surface area contributed by atoms with E-state index in [4.69, 9.17) is 16.3 Å². The number of nitrogens with zero attached hydrogens (tertiary/aromatic N) is 1. The lowest BCUT2D eigenvalue weighted by molar-refractivity contribution is 0.000147. The molecule has 1 saturated heterocycles. The molecule has 5 heteroatoms. The number of benzene rings is 1. The van der Waals surface area contributed by atoms with Crippen molar-refractivity contribution in [2.45, 2.75) is 32.5 Å². The van der Waals surface area contributed by atoms with Gasteiger partial charge in [0.25, 0.3) is 0 Å². The molecule has 0 amide bonds. The molecular weight excluding hydrogens is 290 g/mol. The van der Waals surface area contributed by atoms with E-state index >= 15 is 0 Å². The predicted octanol–water partition coefficient (Wildman–Crippen LogP) is 2.09. The molecule has 3 atom stereocenters. The summed E-state index contributed by atoms with van der Waals surface area (Å²) in [5.41, 5.74) is 1.07. The summed E-state index contributed by atoms with van der Waals surface area (Å²) in [6, 6.07) is 5.57. The van der Waals surface area contributed by atoms with E-state index in [1.807, 2.05) is 19.1 Å². The van der Waals surface area contributed by atoms with Crippen molar-refractivity contribution in [1.29, 1.82) is 0 Å². The third kappa shape index (κ3) is 4.85. The van der Waals surface area contributed by atoms with Crippen molar-refractivity contribution in [3.8, 4) is 5.75 Å². The average molecular weight is 314 g/mol. The minimum absolute atomic E-state index is 0.200. The van der Waals surface area contributed by atoms with Gasteiger partial charge in [0.15, 0.2) is 0 Å². The van der Waals surface area contributed by atoms with Crippen LogP contribution in [0.2, 0.25) is 5.02 Å².